The summed E-state index contributed by atoms with van der Waals surface area (Å²) in [5.41, 5.74) is 0. The van der Waals surface area contributed by atoms with Crippen LogP contribution in [0.2, 0.25) is 0 Å². The molecule has 96 valence electrons. The Bertz CT molecular complexity index is 485. The Labute approximate surface area is 106 Å². The third-order valence-corrected chi connectivity index (χ3v) is 5.18. The first-order valence-corrected chi connectivity index (χ1v) is 7.62. The Hall–Kier alpha value is -0.590. The topological polar surface area (TPSA) is 64.0 Å². The smallest absolute Gasteiger partial charge is 0.256 e. The van der Waals surface area contributed by atoms with Gasteiger partial charge in [0, 0.05) is 19.0 Å². The molecule has 1 aromatic heterocycles. The van der Waals surface area contributed by atoms with Crippen molar-refractivity contribution < 1.29 is 8.42 Å². The lowest BCUT2D eigenvalue weighted by Gasteiger charge is -2.18. The SMILES string of the molecule is Cn1nccc1S(=O)(=O)NC1CCCC1CCl. The number of aromatic nitrogens is 2. The normalized spacial score (nSPS) is 25.3. The van der Waals surface area contributed by atoms with Gasteiger partial charge in [0.1, 0.15) is 0 Å². The van der Waals surface area contributed by atoms with Crippen molar-refractivity contribution in [1.29, 1.82) is 0 Å². The van der Waals surface area contributed by atoms with Crippen LogP contribution in [0.1, 0.15) is 19.3 Å². The van der Waals surface area contributed by atoms with E-state index in [-0.39, 0.29) is 17.0 Å². The van der Waals surface area contributed by atoms with E-state index in [2.05, 4.69) is 9.82 Å². The predicted octanol–water partition coefficient (Wildman–Crippen LogP) is 1.11. The van der Waals surface area contributed by atoms with E-state index in [1.165, 1.54) is 16.9 Å². The molecule has 0 spiro atoms. The molecule has 5 nitrogen and oxygen atoms in total. The number of nitrogens with one attached hydrogen (secondary N) is 1. The molecule has 0 amide bonds. The van der Waals surface area contributed by atoms with Gasteiger partial charge in [-0.3, -0.25) is 4.68 Å². The van der Waals surface area contributed by atoms with E-state index in [1.54, 1.807) is 7.05 Å². The van der Waals surface area contributed by atoms with Crippen molar-refractivity contribution in [3.05, 3.63) is 12.3 Å². The lowest BCUT2D eigenvalue weighted by Crippen LogP contribution is -2.38. The van der Waals surface area contributed by atoms with Gasteiger partial charge in [0.05, 0.1) is 6.20 Å². The molecular weight excluding hydrogens is 262 g/mol. The minimum atomic E-state index is -3.48. The first-order chi connectivity index (χ1) is 8.04. The summed E-state index contributed by atoms with van der Waals surface area (Å²) in [4.78, 5) is 0. The van der Waals surface area contributed by atoms with Crippen LogP contribution >= 0.6 is 11.6 Å². The average Bonchev–Trinajstić information content (AvgIpc) is 2.86. The van der Waals surface area contributed by atoms with Crippen molar-refractivity contribution >= 4 is 21.6 Å². The lowest BCUT2D eigenvalue weighted by atomic mass is 10.1. The lowest BCUT2D eigenvalue weighted by molar-refractivity contribution is 0.476. The largest absolute Gasteiger partial charge is 0.257 e. The van der Waals surface area contributed by atoms with Gasteiger partial charge in [0.15, 0.2) is 5.03 Å². The highest BCUT2D eigenvalue weighted by molar-refractivity contribution is 7.89. The maximum Gasteiger partial charge on any atom is 0.257 e. The standard InChI is InChI=1S/C10H16ClN3O2S/c1-14-10(5-6-12-14)17(15,16)13-9-4-2-3-8(9)7-11/h5-6,8-9,13H,2-4,7H2,1H3. The van der Waals surface area contributed by atoms with Crippen LogP contribution in [0.25, 0.3) is 0 Å². The fourth-order valence-electron chi connectivity index (χ4n) is 2.26. The molecule has 2 rings (SSSR count). The Morgan fingerprint density at radius 1 is 1.59 bits per heavy atom. The molecule has 1 N–H and O–H groups in total. The fourth-order valence-corrected chi connectivity index (χ4v) is 4.10. The molecule has 2 atom stereocenters. The van der Waals surface area contributed by atoms with E-state index in [9.17, 15) is 8.42 Å². The third-order valence-electron chi connectivity index (χ3n) is 3.22. The molecule has 1 fully saturated rings. The van der Waals surface area contributed by atoms with Crippen LogP contribution in [0.4, 0.5) is 0 Å². The molecule has 2 unspecified atom stereocenters. The van der Waals surface area contributed by atoms with Crippen molar-refractivity contribution in [3.63, 3.8) is 0 Å². The van der Waals surface area contributed by atoms with E-state index in [0.29, 0.717) is 5.88 Å². The van der Waals surface area contributed by atoms with Gasteiger partial charge in [-0.1, -0.05) is 6.42 Å². The van der Waals surface area contributed by atoms with Crippen LogP contribution in [0.5, 0.6) is 0 Å². The zero-order valence-electron chi connectivity index (χ0n) is 9.63. The summed E-state index contributed by atoms with van der Waals surface area (Å²) in [7, 11) is -1.87. The summed E-state index contributed by atoms with van der Waals surface area (Å²) in [6, 6.07) is 1.44. The Kier molecular flexibility index (Phi) is 3.75. The summed E-state index contributed by atoms with van der Waals surface area (Å²) in [6.07, 6.45) is 4.34. The highest BCUT2D eigenvalue weighted by atomic mass is 35.5. The number of rotatable bonds is 4. The molecule has 17 heavy (non-hydrogen) atoms. The van der Waals surface area contributed by atoms with E-state index in [1.807, 2.05) is 0 Å². The molecule has 0 aliphatic heterocycles. The summed E-state index contributed by atoms with van der Waals surface area (Å²) < 4.78 is 28.3. The van der Waals surface area contributed by atoms with Crippen LogP contribution in [-0.2, 0) is 17.1 Å². The van der Waals surface area contributed by atoms with Crippen molar-refractivity contribution in [2.45, 2.75) is 30.3 Å². The summed E-state index contributed by atoms with van der Waals surface area (Å²) >= 11 is 5.84. The van der Waals surface area contributed by atoms with Crippen LogP contribution in [-0.4, -0.2) is 30.1 Å². The maximum atomic E-state index is 12.1. The molecule has 1 aromatic rings. The first-order valence-electron chi connectivity index (χ1n) is 5.61. The number of hydrogen-bond donors (Lipinski definition) is 1. The molecule has 1 aliphatic carbocycles. The minimum absolute atomic E-state index is 0.0487. The molecule has 1 heterocycles. The quantitative estimate of drug-likeness (QED) is 0.839. The molecule has 7 heteroatoms. The molecule has 0 aromatic carbocycles. The van der Waals surface area contributed by atoms with E-state index in [4.69, 9.17) is 11.6 Å². The number of aryl methyl sites for hydroxylation is 1. The monoisotopic (exact) mass is 277 g/mol. The van der Waals surface area contributed by atoms with E-state index >= 15 is 0 Å². The highest BCUT2D eigenvalue weighted by Gasteiger charge is 2.31. The number of sulfonamides is 1. The minimum Gasteiger partial charge on any atom is -0.256 e. The number of hydrogen-bond acceptors (Lipinski definition) is 3. The third kappa shape index (κ3) is 2.64. The highest BCUT2D eigenvalue weighted by Crippen LogP contribution is 2.27. The van der Waals surface area contributed by atoms with E-state index < -0.39 is 10.0 Å². The van der Waals surface area contributed by atoms with Crippen molar-refractivity contribution in [1.82, 2.24) is 14.5 Å². The van der Waals surface area contributed by atoms with Gasteiger partial charge in [0.25, 0.3) is 10.0 Å². The van der Waals surface area contributed by atoms with Gasteiger partial charge in [-0.2, -0.15) is 5.10 Å². The summed E-state index contributed by atoms with van der Waals surface area (Å²) in [6.45, 7) is 0. The molecule has 0 saturated heterocycles. The van der Waals surface area contributed by atoms with Gasteiger partial charge < -0.3 is 0 Å². The molecule has 1 saturated carbocycles. The Morgan fingerprint density at radius 2 is 2.35 bits per heavy atom. The zero-order chi connectivity index (χ0) is 12.5. The molecular formula is C10H16ClN3O2S. The van der Waals surface area contributed by atoms with Crippen LogP contribution in [0.3, 0.4) is 0 Å². The number of halogens is 1. The van der Waals surface area contributed by atoms with Crippen molar-refractivity contribution in [2.24, 2.45) is 13.0 Å². The van der Waals surface area contributed by atoms with Crippen LogP contribution < -0.4 is 4.72 Å². The Balaban J connectivity index is 2.16. The fraction of sp³-hybridized carbons (Fsp3) is 0.700. The molecule has 0 radical (unpaired) electrons. The van der Waals surface area contributed by atoms with Gasteiger partial charge in [0.2, 0.25) is 0 Å². The number of alkyl halides is 1. The zero-order valence-corrected chi connectivity index (χ0v) is 11.2. The van der Waals surface area contributed by atoms with Crippen molar-refractivity contribution in [2.75, 3.05) is 5.88 Å². The van der Waals surface area contributed by atoms with Gasteiger partial charge in [-0.25, -0.2) is 13.1 Å². The van der Waals surface area contributed by atoms with Crippen LogP contribution in [0.15, 0.2) is 17.3 Å². The molecule has 1 aliphatic rings. The second-order valence-corrected chi connectivity index (χ2v) is 6.34. The first kappa shape index (κ1) is 12.9. The predicted molar refractivity (Wildman–Crippen MR) is 65.4 cm³/mol. The van der Waals surface area contributed by atoms with Gasteiger partial charge in [-0.05, 0) is 24.8 Å². The van der Waals surface area contributed by atoms with Gasteiger partial charge in [-0.15, -0.1) is 11.6 Å². The van der Waals surface area contributed by atoms with Crippen LogP contribution in [0, 0.1) is 5.92 Å². The second-order valence-electron chi connectivity index (χ2n) is 4.37. The Morgan fingerprint density at radius 3 is 2.94 bits per heavy atom. The maximum absolute atomic E-state index is 12.1. The summed E-state index contributed by atoms with van der Waals surface area (Å²) in [5.74, 6) is 0.734. The second kappa shape index (κ2) is 4.96. The van der Waals surface area contributed by atoms with Crippen molar-refractivity contribution in [3.8, 4) is 0 Å². The average molecular weight is 278 g/mol. The van der Waals surface area contributed by atoms with E-state index in [0.717, 1.165) is 19.3 Å². The summed E-state index contributed by atoms with van der Waals surface area (Å²) in [5, 5.41) is 4.06. The number of nitrogens with zero attached hydrogens (tertiary/aromatic N) is 2. The molecule has 0 bridgehead atoms. The van der Waals surface area contributed by atoms with Gasteiger partial charge >= 0.3 is 0 Å².